The first-order valence-electron chi connectivity index (χ1n) is 6.98. The average molecular weight is 323 g/mol. The second-order valence-electron chi connectivity index (χ2n) is 5.09. The van der Waals surface area contributed by atoms with E-state index in [1.165, 1.54) is 17.3 Å². The first-order chi connectivity index (χ1) is 11.2. The Morgan fingerprint density at radius 2 is 1.83 bits per heavy atom. The smallest absolute Gasteiger partial charge is 0.191 e. The molecule has 0 amide bonds. The lowest BCUT2D eigenvalue weighted by Gasteiger charge is -2.07. The molecule has 0 saturated carbocycles. The summed E-state index contributed by atoms with van der Waals surface area (Å²) in [5, 5.41) is 29.5. The zero-order chi connectivity index (χ0) is 16.2. The fourth-order valence-electron chi connectivity index (χ4n) is 1.93. The predicted molar refractivity (Wildman–Crippen MR) is 84.1 cm³/mol. The van der Waals surface area contributed by atoms with E-state index < -0.39 is 0 Å². The first-order valence-corrected chi connectivity index (χ1v) is 7.79. The summed E-state index contributed by atoms with van der Waals surface area (Å²) in [7, 11) is 0. The minimum Gasteiger partial charge on any atom is -0.191 e. The van der Waals surface area contributed by atoms with E-state index in [0.717, 1.165) is 5.69 Å². The molecule has 0 aliphatic rings. The van der Waals surface area contributed by atoms with Crippen LogP contribution in [-0.4, -0.2) is 30.4 Å². The molecule has 0 aliphatic heterocycles. The van der Waals surface area contributed by atoms with Crippen LogP contribution >= 0.6 is 11.8 Å². The topological polar surface area (TPSA) is 93.2 Å². The normalized spacial score (nSPS) is 10.7. The molecule has 114 valence electrons. The van der Waals surface area contributed by atoms with Crippen LogP contribution in [0, 0.1) is 11.3 Å². The van der Waals surface area contributed by atoms with Gasteiger partial charge in [-0.2, -0.15) is 9.94 Å². The van der Waals surface area contributed by atoms with Crippen LogP contribution in [0.5, 0.6) is 0 Å². The summed E-state index contributed by atoms with van der Waals surface area (Å²) < 4.78 is 1.65. The molecular formula is C15H13N7S. The summed E-state index contributed by atoms with van der Waals surface area (Å²) in [5.41, 5.74) is 2.41. The lowest BCUT2D eigenvalue weighted by Crippen LogP contribution is -2.00. The highest BCUT2D eigenvalue weighted by atomic mass is 32.2. The quantitative estimate of drug-likeness (QED) is 0.728. The van der Waals surface area contributed by atoms with E-state index in [9.17, 15) is 0 Å². The van der Waals surface area contributed by atoms with Crippen molar-refractivity contribution >= 4 is 11.8 Å². The number of hydrogen-bond donors (Lipinski definition) is 0. The third kappa shape index (κ3) is 3.35. The summed E-state index contributed by atoms with van der Waals surface area (Å²) in [5.74, 6) is 0.473. The number of tetrazole rings is 1. The Bertz CT molecular complexity index is 832. The van der Waals surface area contributed by atoms with Crippen molar-refractivity contribution in [1.82, 2.24) is 30.4 Å². The molecule has 0 N–H and O–H groups in total. The molecule has 0 saturated heterocycles. The minimum absolute atomic E-state index is 0.276. The summed E-state index contributed by atoms with van der Waals surface area (Å²) in [6, 6.07) is 13.4. The molecule has 2 aromatic heterocycles. The van der Waals surface area contributed by atoms with Gasteiger partial charge in [-0.3, -0.25) is 0 Å². The molecule has 3 rings (SSSR count). The fourth-order valence-corrected chi connectivity index (χ4v) is 2.64. The monoisotopic (exact) mass is 323 g/mol. The summed E-state index contributed by atoms with van der Waals surface area (Å²) in [4.78, 5) is 0. The van der Waals surface area contributed by atoms with Gasteiger partial charge in [0.25, 0.3) is 0 Å². The highest BCUT2D eigenvalue weighted by molar-refractivity contribution is 7.99. The van der Waals surface area contributed by atoms with Crippen LogP contribution in [0.3, 0.4) is 0 Å². The zero-order valence-electron chi connectivity index (χ0n) is 12.6. The Balaban J connectivity index is 1.85. The summed E-state index contributed by atoms with van der Waals surface area (Å²) in [6.07, 6.45) is 0. The van der Waals surface area contributed by atoms with Gasteiger partial charge in [0.1, 0.15) is 11.1 Å². The number of hydrogen-bond acceptors (Lipinski definition) is 7. The van der Waals surface area contributed by atoms with E-state index in [-0.39, 0.29) is 5.69 Å². The molecule has 3 aromatic rings. The second-order valence-corrected chi connectivity index (χ2v) is 6.08. The van der Waals surface area contributed by atoms with Gasteiger partial charge in [-0.15, -0.1) is 15.3 Å². The Hall–Kier alpha value is -2.79. The predicted octanol–water partition coefficient (Wildman–Crippen LogP) is 2.60. The van der Waals surface area contributed by atoms with Crippen LogP contribution < -0.4 is 0 Å². The van der Waals surface area contributed by atoms with Gasteiger partial charge in [0.2, 0.25) is 5.16 Å². The van der Waals surface area contributed by atoms with Gasteiger partial charge in [0, 0.05) is 0 Å². The van der Waals surface area contributed by atoms with Crippen LogP contribution in [-0.2, 0) is 0 Å². The van der Waals surface area contributed by atoms with Gasteiger partial charge in [-0.1, -0.05) is 26.0 Å². The van der Waals surface area contributed by atoms with Crippen LogP contribution in [0.15, 0.2) is 46.6 Å². The van der Waals surface area contributed by atoms with Crippen molar-refractivity contribution in [2.24, 2.45) is 0 Å². The van der Waals surface area contributed by atoms with Crippen molar-refractivity contribution in [2.45, 2.75) is 29.9 Å². The highest BCUT2D eigenvalue weighted by Crippen LogP contribution is 2.25. The van der Waals surface area contributed by atoms with Gasteiger partial charge >= 0.3 is 0 Å². The molecule has 7 nitrogen and oxygen atoms in total. The van der Waals surface area contributed by atoms with E-state index in [0.29, 0.717) is 16.1 Å². The van der Waals surface area contributed by atoms with Crippen LogP contribution in [0.1, 0.15) is 31.0 Å². The summed E-state index contributed by atoms with van der Waals surface area (Å²) in [6.45, 7) is 4.30. The number of benzene rings is 1. The van der Waals surface area contributed by atoms with Crippen molar-refractivity contribution in [3.63, 3.8) is 0 Å². The van der Waals surface area contributed by atoms with Gasteiger partial charge in [-0.05, 0) is 57.9 Å². The molecule has 8 heteroatoms. The maximum absolute atomic E-state index is 8.74. The number of nitriles is 1. The zero-order valence-corrected chi connectivity index (χ0v) is 13.4. The van der Waals surface area contributed by atoms with E-state index in [1.54, 1.807) is 16.8 Å². The Kier molecular flexibility index (Phi) is 4.30. The molecule has 0 fully saturated rings. The number of aromatic nitrogens is 6. The highest BCUT2D eigenvalue weighted by Gasteiger charge is 2.12. The Labute approximate surface area is 137 Å². The van der Waals surface area contributed by atoms with Crippen molar-refractivity contribution in [3.8, 4) is 11.8 Å². The van der Waals surface area contributed by atoms with Gasteiger partial charge in [-0.25, -0.2) is 0 Å². The first kappa shape index (κ1) is 15.1. The van der Waals surface area contributed by atoms with Gasteiger partial charge in [0.05, 0.1) is 5.69 Å². The van der Waals surface area contributed by atoms with Crippen molar-refractivity contribution in [1.29, 1.82) is 5.26 Å². The molecule has 0 spiro atoms. The van der Waals surface area contributed by atoms with E-state index in [2.05, 4.69) is 51.7 Å². The molecule has 0 radical (unpaired) electrons. The van der Waals surface area contributed by atoms with E-state index >= 15 is 0 Å². The molecule has 0 bridgehead atoms. The minimum atomic E-state index is 0.276. The maximum Gasteiger partial charge on any atom is 0.220 e. The summed E-state index contributed by atoms with van der Waals surface area (Å²) >= 11 is 1.29. The van der Waals surface area contributed by atoms with Crippen LogP contribution in [0.4, 0.5) is 0 Å². The van der Waals surface area contributed by atoms with E-state index in [4.69, 9.17) is 5.26 Å². The third-order valence-corrected chi connectivity index (χ3v) is 4.06. The molecule has 2 heterocycles. The largest absolute Gasteiger partial charge is 0.220 e. The molecule has 1 aromatic carbocycles. The molecule has 0 aliphatic carbocycles. The molecule has 0 atom stereocenters. The third-order valence-electron chi connectivity index (χ3n) is 3.20. The van der Waals surface area contributed by atoms with Crippen LogP contribution in [0.25, 0.3) is 5.69 Å². The van der Waals surface area contributed by atoms with E-state index in [1.807, 2.05) is 18.2 Å². The Morgan fingerprint density at radius 1 is 1.04 bits per heavy atom. The second kappa shape index (κ2) is 6.54. The van der Waals surface area contributed by atoms with Crippen molar-refractivity contribution in [3.05, 3.63) is 47.7 Å². The molecule has 0 unspecified atom stereocenters. The molecular weight excluding hydrogens is 310 g/mol. The van der Waals surface area contributed by atoms with Gasteiger partial charge < -0.3 is 0 Å². The molecule has 23 heavy (non-hydrogen) atoms. The standard InChI is InChI=1S/C15H13N7S/c1-10(2)11-3-6-13(7-4-11)22-15(19-20-21-22)23-14-8-5-12(9-16)17-18-14/h3-8,10H,1-2H3. The Morgan fingerprint density at radius 3 is 2.43 bits per heavy atom. The van der Waals surface area contributed by atoms with Crippen molar-refractivity contribution < 1.29 is 0 Å². The average Bonchev–Trinajstić information content (AvgIpc) is 3.04. The fraction of sp³-hybridized carbons (Fsp3) is 0.200. The van der Waals surface area contributed by atoms with Crippen molar-refractivity contribution in [2.75, 3.05) is 0 Å². The lowest BCUT2D eigenvalue weighted by molar-refractivity contribution is 0.753. The maximum atomic E-state index is 8.74. The number of rotatable bonds is 4. The number of nitrogens with zero attached hydrogens (tertiary/aromatic N) is 7. The SMILES string of the molecule is CC(C)c1ccc(-n2nnnc2Sc2ccc(C#N)nn2)cc1. The lowest BCUT2D eigenvalue weighted by atomic mass is 10.0. The van der Waals surface area contributed by atoms with Gasteiger partial charge in [0.15, 0.2) is 5.69 Å². The van der Waals surface area contributed by atoms with Crippen LogP contribution in [0.2, 0.25) is 0 Å².